The number of thiophene rings is 1. The van der Waals surface area contributed by atoms with Gasteiger partial charge in [0, 0.05) is 79.1 Å². The third-order valence-corrected chi connectivity index (χ3v) is 8.35. The Balaban J connectivity index is 1.43. The van der Waals surface area contributed by atoms with Gasteiger partial charge in [0.2, 0.25) is 0 Å². The minimum absolute atomic E-state index is 0.0302. The molecule has 1 fully saturated rings. The molecule has 1 aliphatic heterocycles. The number of fused-ring (bicyclic) bond motifs is 1. The van der Waals surface area contributed by atoms with E-state index in [1.807, 2.05) is 55.5 Å². The van der Waals surface area contributed by atoms with Gasteiger partial charge in [0.05, 0.1) is 17.3 Å². The molecule has 0 amide bonds. The van der Waals surface area contributed by atoms with Gasteiger partial charge in [0.25, 0.3) is 5.56 Å². The van der Waals surface area contributed by atoms with E-state index in [1.165, 1.54) is 4.88 Å². The molecule has 0 N–H and O–H groups in total. The fraction of sp³-hybridized carbons (Fsp3) is 0.346. The second kappa shape index (κ2) is 10.5. The average molecular weight is 508 g/mol. The Morgan fingerprint density at radius 2 is 2.00 bits per heavy atom. The van der Waals surface area contributed by atoms with Crippen LogP contribution in [0, 0.1) is 0 Å². The first-order chi connectivity index (χ1) is 17.0. The van der Waals surface area contributed by atoms with Crippen molar-refractivity contribution >= 4 is 33.4 Å². The van der Waals surface area contributed by atoms with Gasteiger partial charge >= 0.3 is 0 Å². The Bertz CT molecular complexity index is 1360. The number of aromatic nitrogens is 3. The van der Waals surface area contributed by atoms with Crippen LogP contribution in [0.5, 0.6) is 5.75 Å². The van der Waals surface area contributed by atoms with Gasteiger partial charge in [-0.2, -0.15) is 0 Å². The maximum absolute atomic E-state index is 13.0. The zero-order chi connectivity index (χ0) is 24.4. The van der Waals surface area contributed by atoms with Crippen LogP contribution in [-0.4, -0.2) is 56.2 Å². The summed E-state index contributed by atoms with van der Waals surface area (Å²) in [6.07, 6.45) is 9.16. The molecule has 0 bridgehead atoms. The lowest BCUT2D eigenvalue weighted by Gasteiger charge is -2.32. The van der Waals surface area contributed by atoms with Crippen molar-refractivity contribution in [2.24, 2.45) is 7.05 Å². The number of hydrogen-bond donors (Lipinski definition) is 0. The van der Waals surface area contributed by atoms with Gasteiger partial charge in [-0.15, -0.1) is 11.3 Å². The monoisotopic (exact) mass is 507 g/mol. The van der Waals surface area contributed by atoms with Crippen molar-refractivity contribution in [3.8, 4) is 16.9 Å². The first kappa shape index (κ1) is 24.0. The first-order valence-corrected chi connectivity index (χ1v) is 13.7. The molecule has 0 saturated carbocycles. The van der Waals surface area contributed by atoms with Gasteiger partial charge in [-0.3, -0.25) is 19.7 Å². The standard InChI is InChI=1S/C26H29N5O2S2/c1-18(24-6-4-5-7-28-24)33-20-12-19(14-27-15-20)23-17-29(2)26(32)22-13-21(35-25(22)23)16-30-8-10-31(34-3)11-9-30/h4-7,12-15,17-18H,8-11,16H2,1-3H3. The molecule has 5 heterocycles. The van der Waals surface area contributed by atoms with Crippen molar-refractivity contribution in [3.05, 3.63) is 76.0 Å². The molecule has 1 saturated heterocycles. The van der Waals surface area contributed by atoms with Gasteiger partial charge in [0.1, 0.15) is 11.9 Å². The second-order valence-corrected chi connectivity index (χ2v) is 10.7. The van der Waals surface area contributed by atoms with Crippen molar-refractivity contribution in [2.45, 2.75) is 19.6 Å². The quantitative estimate of drug-likeness (QED) is 0.339. The lowest BCUT2D eigenvalue weighted by atomic mass is 10.1. The summed E-state index contributed by atoms with van der Waals surface area (Å²) >= 11 is 3.52. The van der Waals surface area contributed by atoms with E-state index < -0.39 is 0 Å². The number of nitrogens with zero attached hydrogens (tertiary/aromatic N) is 5. The molecule has 7 nitrogen and oxygen atoms in total. The summed E-state index contributed by atoms with van der Waals surface area (Å²) in [5.74, 6) is 0.672. The number of pyridine rings is 3. The molecule has 35 heavy (non-hydrogen) atoms. The molecule has 0 aliphatic carbocycles. The molecule has 0 spiro atoms. The van der Waals surface area contributed by atoms with Crippen LogP contribution in [0.25, 0.3) is 21.2 Å². The number of ether oxygens (including phenoxy) is 1. The summed E-state index contributed by atoms with van der Waals surface area (Å²) < 4.78 is 11.2. The predicted octanol–water partition coefficient (Wildman–Crippen LogP) is 4.59. The van der Waals surface area contributed by atoms with Crippen molar-refractivity contribution < 1.29 is 4.74 Å². The van der Waals surface area contributed by atoms with Crippen molar-refractivity contribution in [3.63, 3.8) is 0 Å². The highest BCUT2D eigenvalue weighted by molar-refractivity contribution is 7.96. The fourth-order valence-electron chi connectivity index (χ4n) is 4.39. The molecule has 1 unspecified atom stereocenters. The Morgan fingerprint density at radius 3 is 2.74 bits per heavy atom. The zero-order valence-electron chi connectivity index (χ0n) is 20.2. The number of rotatable bonds is 7. The van der Waals surface area contributed by atoms with Crippen molar-refractivity contribution in [1.29, 1.82) is 0 Å². The van der Waals surface area contributed by atoms with Crippen LogP contribution < -0.4 is 10.3 Å². The molecule has 1 aliphatic rings. The van der Waals surface area contributed by atoms with E-state index in [2.05, 4.69) is 31.5 Å². The molecule has 0 aromatic carbocycles. The highest BCUT2D eigenvalue weighted by Gasteiger charge is 2.19. The van der Waals surface area contributed by atoms with Crippen LogP contribution in [0.3, 0.4) is 0 Å². The van der Waals surface area contributed by atoms with E-state index in [9.17, 15) is 4.79 Å². The summed E-state index contributed by atoms with van der Waals surface area (Å²) in [5.41, 5.74) is 2.82. The first-order valence-electron chi connectivity index (χ1n) is 11.7. The van der Waals surface area contributed by atoms with Gasteiger partial charge in [0.15, 0.2) is 0 Å². The van der Waals surface area contributed by atoms with E-state index in [4.69, 9.17) is 4.74 Å². The van der Waals surface area contributed by atoms with Crippen LogP contribution >= 0.6 is 23.3 Å². The average Bonchev–Trinajstić information content (AvgIpc) is 3.31. The maximum atomic E-state index is 13.0. The molecule has 182 valence electrons. The highest BCUT2D eigenvalue weighted by atomic mass is 32.2. The normalized spacial score (nSPS) is 16.0. The Kier molecular flexibility index (Phi) is 7.19. The largest absolute Gasteiger partial charge is 0.483 e. The molecule has 0 radical (unpaired) electrons. The summed E-state index contributed by atoms with van der Waals surface area (Å²) in [6.45, 7) is 7.05. The van der Waals surface area contributed by atoms with Crippen LogP contribution in [0.1, 0.15) is 23.6 Å². The van der Waals surface area contributed by atoms with E-state index in [0.29, 0.717) is 5.75 Å². The minimum atomic E-state index is -0.201. The van der Waals surface area contributed by atoms with Gasteiger partial charge < -0.3 is 9.30 Å². The van der Waals surface area contributed by atoms with Crippen LogP contribution in [-0.2, 0) is 13.6 Å². The predicted molar refractivity (Wildman–Crippen MR) is 144 cm³/mol. The van der Waals surface area contributed by atoms with Gasteiger partial charge in [-0.05, 0) is 37.4 Å². The Hall–Kier alpha value is -2.72. The summed E-state index contributed by atoms with van der Waals surface area (Å²) in [7, 11) is 1.81. The Morgan fingerprint density at radius 1 is 1.17 bits per heavy atom. The number of aryl methyl sites for hydroxylation is 1. The highest BCUT2D eigenvalue weighted by Crippen LogP contribution is 2.35. The topological polar surface area (TPSA) is 63.5 Å². The number of hydrogen-bond acceptors (Lipinski definition) is 8. The summed E-state index contributed by atoms with van der Waals surface area (Å²) in [5, 5.41) is 0.765. The van der Waals surface area contributed by atoms with Crippen LogP contribution in [0.2, 0.25) is 0 Å². The SMILES string of the molecule is CSN1CCN(Cc2cc3c(=O)n(C)cc(-c4cncc(OC(C)c5ccccn5)c4)c3s2)CC1. The van der Waals surface area contributed by atoms with Crippen LogP contribution in [0.4, 0.5) is 0 Å². The molecule has 4 aromatic heterocycles. The van der Waals surface area contributed by atoms with E-state index in [1.54, 1.807) is 35.3 Å². The van der Waals surface area contributed by atoms with E-state index in [-0.39, 0.29) is 11.7 Å². The van der Waals surface area contributed by atoms with Gasteiger partial charge in [-0.1, -0.05) is 18.0 Å². The smallest absolute Gasteiger partial charge is 0.259 e. The third-order valence-electron chi connectivity index (χ3n) is 6.31. The molecule has 1 atom stereocenters. The van der Waals surface area contributed by atoms with Crippen molar-refractivity contribution in [1.82, 2.24) is 23.7 Å². The van der Waals surface area contributed by atoms with E-state index in [0.717, 1.165) is 59.6 Å². The van der Waals surface area contributed by atoms with Crippen LogP contribution in [0.15, 0.2) is 59.9 Å². The molecule has 4 aromatic rings. The minimum Gasteiger partial charge on any atom is -0.483 e. The molecular weight excluding hydrogens is 478 g/mol. The molecular formula is C26H29N5O2S2. The Labute approximate surface area is 213 Å². The summed E-state index contributed by atoms with van der Waals surface area (Å²) in [6, 6.07) is 9.86. The van der Waals surface area contributed by atoms with E-state index >= 15 is 0 Å². The zero-order valence-corrected chi connectivity index (χ0v) is 21.8. The lowest BCUT2D eigenvalue weighted by Crippen LogP contribution is -2.42. The molecule has 9 heteroatoms. The van der Waals surface area contributed by atoms with Gasteiger partial charge in [-0.25, -0.2) is 4.31 Å². The van der Waals surface area contributed by atoms with Crippen molar-refractivity contribution in [2.75, 3.05) is 32.4 Å². The lowest BCUT2D eigenvalue weighted by molar-refractivity contribution is 0.191. The fourth-order valence-corrected chi connectivity index (χ4v) is 6.14. The second-order valence-electron chi connectivity index (χ2n) is 8.73. The summed E-state index contributed by atoms with van der Waals surface area (Å²) in [4.78, 5) is 25.5. The maximum Gasteiger partial charge on any atom is 0.259 e. The number of piperazine rings is 1. The molecule has 5 rings (SSSR count). The third kappa shape index (κ3) is 5.28.